The summed E-state index contributed by atoms with van der Waals surface area (Å²) < 4.78 is 0. The molecule has 19 heavy (non-hydrogen) atoms. The van der Waals surface area contributed by atoms with Crippen molar-refractivity contribution in [1.29, 1.82) is 0 Å². The maximum absolute atomic E-state index is 3.51. The van der Waals surface area contributed by atoms with Crippen LogP contribution in [-0.2, 0) is 0 Å². The van der Waals surface area contributed by atoms with Crippen molar-refractivity contribution in [1.82, 2.24) is 5.32 Å². The first kappa shape index (κ1) is 16.2. The number of likely N-dealkylation sites (N-methyl/N-ethyl adjacent to an activating group) is 1. The van der Waals surface area contributed by atoms with Crippen molar-refractivity contribution in [2.75, 3.05) is 13.1 Å². The highest BCUT2D eigenvalue weighted by atomic mass is 14.8. The Kier molecular flexibility index (Phi) is 9.44. The zero-order valence-corrected chi connectivity index (χ0v) is 12.8. The summed E-state index contributed by atoms with van der Waals surface area (Å²) in [4.78, 5) is 0. The maximum Gasteiger partial charge on any atom is 0.00200 e. The van der Waals surface area contributed by atoms with Crippen LogP contribution in [0.25, 0.3) is 0 Å². The van der Waals surface area contributed by atoms with Gasteiger partial charge >= 0.3 is 0 Å². The van der Waals surface area contributed by atoms with Crippen LogP contribution in [0.5, 0.6) is 0 Å². The minimum Gasteiger partial charge on any atom is -0.316 e. The van der Waals surface area contributed by atoms with Crippen LogP contribution in [0.2, 0.25) is 0 Å². The molecule has 1 aromatic carbocycles. The van der Waals surface area contributed by atoms with Crippen molar-refractivity contribution in [2.45, 2.75) is 64.7 Å². The number of benzene rings is 1. The Hall–Kier alpha value is -0.820. The van der Waals surface area contributed by atoms with Crippen molar-refractivity contribution in [3.63, 3.8) is 0 Å². The summed E-state index contributed by atoms with van der Waals surface area (Å²) in [6.07, 6.45) is 9.66. The third kappa shape index (κ3) is 7.37. The lowest BCUT2D eigenvalue weighted by molar-refractivity contribution is 0.512. The predicted molar refractivity (Wildman–Crippen MR) is 85.7 cm³/mol. The monoisotopic (exact) mass is 261 g/mol. The molecule has 0 saturated carbocycles. The third-order valence-electron chi connectivity index (χ3n) is 3.82. The van der Waals surface area contributed by atoms with Gasteiger partial charge in [-0.2, -0.15) is 0 Å². The van der Waals surface area contributed by atoms with Gasteiger partial charge in [-0.1, -0.05) is 82.7 Å². The van der Waals surface area contributed by atoms with Crippen LogP contribution in [0.15, 0.2) is 30.3 Å². The molecule has 0 amide bonds. The van der Waals surface area contributed by atoms with Crippen LogP contribution in [0.1, 0.15) is 70.3 Å². The molecule has 0 fully saturated rings. The topological polar surface area (TPSA) is 12.0 Å². The first-order valence-electron chi connectivity index (χ1n) is 8.14. The fourth-order valence-electron chi connectivity index (χ4n) is 2.60. The predicted octanol–water partition coefficient (Wildman–Crippen LogP) is 5.13. The quantitative estimate of drug-likeness (QED) is 0.544. The van der Waals surface area contributed by atoms with E-state index in [1.165, 1.54) is 50.5 Å². The molecule has 1 atom stereocenters. The molecule has 0 bridgehead atoms. The Morgan fingerprint density at radius 3 is 2.26 bits per heavy atom. The van der Waals surface area contributed by atoms with Crippen molar-refractivity contribution < 1.29 is 0 Å². The molecule has 0 aliphatic carbocycles. The summed E-state index contributed by atoms with van der Waals surface area (Å²) in [6, 6.07) is 11.0. The lowest BCUT2D eigenvalue weighted by atomic mass is 9.93. The number of hydrogen-bond donors (Lipinski definition) is 1. The second-order valence-electron chi connectivity index (χ2n) is 5.47. The minimum absolute atomic E-state index is 0.687. The molecule has 1 nitrogen and oxygen atoms in total. The SMILES string of the molecule is CCCCCCCCC(CNCC)c1ccccc1. The smallest absolute Gasteiger partial charge is 0.00200 e. The molecule has 1 heteroatoms. The molecule has 0 saturated heterocycles. The largest absolute Gasteiger partial charge is 0.316 e. The summed E-state index contributed by atoms with van der Waals surface area (Å²) in [7, 11) is 0. The number of hydrogen-bond acceptors (Lipinski definition) is 1. The van der Waals surface area contributed by atoms with E-state index in [1.807, 2.05) is 0 Å². The van der Waals surface area contributed by atoms with Gasteiger partial charge in [0.15, 0.2) is 0 Å². The highest BCUT2D eigenvalue weighted by Crippen LogP contribution is 2.22. The van der Waals surface area contributed by atoms with E-state index in [0.29, 0.717) is 5.92 Å². The summed E-state index contributed by atoms with van der Waals surface area (Å²) in [6.45, 7) is 6.66. The lowest BCUT2D eigenvalue weighted by Gasteiger charge is -2.17. The standard InChI is InChI=1S/C18H31N/c1-3-5-6-7-8-10-15-18(16-19-4-2)17-13-11-9-12-14-17/h9,11-14,18-19H,3-8,10,15-16H2,1-2H3. The second-order valence-corrected chi connectivity index (χ2v) is 5.47. The number of nitrogens with one attached hydrogen (secondary N) is 1. The Labute approximate surface area is 119 Å². The molecular weight excluding hydrogens is 230 g/mol. The van der Waals surface area contributed by atoms with Gasteiger partial charge < -0.3 is 5.32 Å². The molecule has 1 rings (SSSR count). The maximum atomic E-state index is 3.51. The second kappa shape index (κ2) is 11.0. The fourth-order valence-corrected chi connectivity index (χ4v) is 2.60. The van der Waals surface area contributed by atoms with Gasteiger partial charge in [0.1, 0.15) is 0 Å². The molecule has 1 N–H and O–H groups in total. The van der Waals surface area contributed by atoms with E-state index < -0.39 is 0 Å². The first-order chi connectivity index (χ1) is 9.38. The zero-order chi connectivity index (χ0) is 13.8. The van der Waals surface area contributed by atoms with Crippen LogP contribution in [0, 0.1) is 0 Å². The van der Waals surface area contributed by atoms with Crippen LogP contribution in [0.3, 0.4) is 0 Å². The van der Waals surface area contributed by atoms with E-state index in [0.717, 1.165) is 13.1 Å². The van der Waals surface area contributed by atoms with Crippen molar-refractivity contribution >= 4 is 0 Å². The van der Waals surface area contributed by atoms with Crippen molar-refractivity contribution in [3.8, 4) is 0 Å². The van der Waals surface area contributed by atoms with Gasteiger partial charge in [0.2, 0.25) is 0 Å². The molecule has 108 valence electrons. The molecule has 1 aromatic rings. The average Bonchev–Trinajstić information content (AvgIpc) is 2.46. The van der Waals surface area contributed by atoms with E-state index >= 15 is 0 Å². The lowest BCUT2D eigenvalue weighted by Crippen LogP contribution is -2.21. The zero-order valence-electron chi connectivity index (χ0n) is 12.8. The van der Waals surface area contributed by atoms with E-state index in [2.05, 4.69) is 49.5 Å². The van der Waals surface area contributed by atoms with Gasteiger partial charge in [-0.15, -0.1) is 0 Å². The first-order valence-corrected chi connectivity index (χ1v) is 8.14. The molecule has 0 radical (unpaired) electrons. The molecule has 0 aromatic heterocycles. The molecule has 0 spiro atoms. The van der Waals surface area contributed by atoms with E-state index in [1.54, 1.807) is 0 Å². The summed E-state index contributed by atoms with van der Waals surface area (Å²) >= 11 is 0. The van der Waals surface area contributed by atoms with Crippen LogP contribution < -0.4 is 5.32 Å². The normalized spacial score (nSPS) is 12.5. The van der Waals surface area contributed by atoms with Gasteiger partial charge in [-0.25, -0.2) is 0 Å². The highest BCUT2D eigenvalue weighted by molar-refractivity contribution is 5.19. The van der Waals surface area contributed by atoms with Gasteiger partial charge in [0.25, 0.3) is 0 Å². The summed E-state index contributed by atoms with van der Waals surface area (Å²) in [5.41, 5.74) is 1.50. The van der Waals surface area contributed by atoms with E-state index in [4.69, 9.17) is 0 Å². The average molecular weight is 261 g/mol. The summed E-state index contributed by atoms with van der Waals surface area (Å²) in [5, 5.41) is 3.51. The molecule has 1 unspecified atom stereocenters. The van der Waals surface area contributed by atoms with Gasteiger partial charge in [-0.3, -0.25) is 0 Å². The Morgan fingerprint density at radius 1 is 0.895 bits per heavy atom. The van der Waals surface area contributed by atoms with Gasteiger partial charge in [-0.05, 0) is 24.4 Å². The number of unbranched alkanes of at least 4 members (excludes halogenated alkanes) is 5. The van der Waals surface area contributed by atoms with Gasteiger partial charge in [0.05, 0.1) is 0 Å². The molecule has 0 aliphatic rings. The highest BCUT2D eigenvalue weighted by Gasteiger charge is 2.10. The minimum atomic E-state index is 0.687. The molecule has 0 heterocycles. The molecular formula is C18H31N. The van der Waals surface area contributed by atoms with Crippen molar-refractivity contribution in [3.05, 3.63) is 35.9 Å². The Bertz CT molecular complexity index is 294. The molecule has 0 aliphatic heterocycles. The van der Waals surface area contributed by atoms with Crippen molar-refractivity contribution in [2.24, 2.45) is 0 Å². The van der Waals surface area contributed by atoms with Crippen LogP contribution in [-0.4, -0.2) is 13.1 Å². The Balaban J connectivity index is 2.30. The number of rotatable bonds is 11. The van der Waals surface area contributed by atoms with Crippen LogP contribution >= 0.6 is 0 Å². The van der Waals surface area contributed by atoms with Gasteiger partial charge in [0, 0.05) is 6.54 Å². The fraction of sp³-hybridized carbons (Fsp3) is 0.667. The Morgan fingerprint density at radius 2 is 1.58 bits per heavy atom. The summed E-state index contributed by atoms with van der Waals surface area (Å²) in [5.74, 6) is 0.687. The third-order valence-corrected chi connectivity index (χ3v) is 3.82. The van der Waals surface area contributed by atoms with Crippen LogP contribution in [0.4, 0.5) is 0 Å². The van der Waals surface area contributed by atoms with E-state index in [-0.39, 0.29) is 0 Å². The van der Waals surface area contributed by atoms with E-state index in [9.17, 15) is 0 Å².